The van der Waals surface area contributed by atoms with Crippen molar-refractivity contribution in [3.8, 4) is 0 Å². The van der Waals surface area contributed by atoms with Crippen molar-refractivity contribution in [2.45, 2.75) is 45.1 Å². The van der Waals surface area contributed by atoms with E-state index >= 15 is 0 Å². The Kier molecular flexibility index (Phi) is 5.76. The van der Waals surface area contributed by atoms with Gasteiger partial charge >= 0.3 is 0 Å². The van der Waals surface area contributed by atoms with E-state index in [-0.39, 0.29) is 16.3 Å². The number of nitrogens with zero attached hydrogens (tertiary/aromatic N) is 2. The first-order valence-corrected chi connectivity index (χ1v) is 10.8. The fourth-order valence-electron chi connectivity index (χ4n) is 3.38. The molecule has 0 bridgehead atoms. The Hall–Kier alpha value is -2.39. The number of amides is 1. The first-order valence-electron chi connectivity index (χ1n) is 9.28. The van der Waals surface area contributed by atoms with Crippen LogP contribution in [0.2, 0.25) is 0 Å². The Bertz CT molecular complexity index is 933. The summed E-state index contributed by atoms with van der Waals surface area (Å²) in [6.07, 6.45) is 1.18. The Balaban J connectivity index is 1.63. The highest BCUT2D eigenvalue weighted by atomic mass is 32.2. The molecule has 1 aromatic carbocycles. The van der Waals surface area contributed by atoms with Crippen LogP contribution in [0.4, 0.5) is 11.4 Å². The number of nitrogens with one attached hydrogen (secondary N) is 2. The van der Waals surface area contributed by atoms with Gasteiger partial charge < -0.3 is 14.7 Å². The highest BCUT2D eigenvalue weighted by Crippen LogP contribution is 2.25. The molecule has 9 heteroatoms. The molecule has 2 atom stereocenters. The molecule has 152 valence electrons. The molecule has 1 unspecified atom stereocenters. The normalized spacial score (nSPS) is 18.3. The first kappa shape index (κ1) is 20.3. The maximum Gasteiger partial charge on any atom is 0.246 e. The summed E-state index contributed by atoms with van der Waals surface area (Å²) in [5.41, 5.74) is 1.99. The number of aryl methyl sites for hydroxylation is 2. The summed E-state index contributed by atoms with van der Waals surface area (Å²) in [4.78, 5) is 14.7. The van der Waals surface area contributed by atoms with Crippen molar-refractivity contribution in [2.75, 3.05) is 23.3 Å². The van der Waals surface area contributed by atoms with E-state index < -0.39 is 22.0 Å². The minimum atomic E-state index is -3.91. The molecule has 8 nitrogen and oxygen atoms in total. The molecule has 1 aromatic heterocycles. The molecule has 28 heavy (non-hydrogen) atoms. The lowest BCUT2D eigenvalue weighted by atomic mass is 10.2. The number of sulfonamides is 1. The number of carbonyl (C=O) groups excluding carboxylic acids is 1. The first-order chi connectivity index (χ1) is 13.2. The van der Waals surface area contributed by atoms with E-state index in [9.17, 15) is 13.2 Å². The number of hydrogen-bond acceptors (Lipinski definition) is 6. The zero-order valence-corrected chi connectivity index (χ0v) is 17.3. The van der Waals surface area contributed by atoms with Crippen molar-refractivity contribution in [3.63, 3.8) is 0 Å². The second-order valence-corrected chi connectivity index (χ2v) is 9.02. The summed E-state index contributed by atoms with van der Waals surface area (Å²) in [6, 6.07) is 6.62. The van der Waals surface area contributed by atoms with E-state index in [2.05, 4.69) is 27.0 Å². The Morgan fingerprint density at radius 3 is 2.50 bits per heavy atom. The van der Waals surface area contributed by atoms with Crippen molar-refractivity contribution in [1.29, 1.82) is 0 Å². The number of aromatic nitrogens is 1. The monoisotopic (exact) mass is 406 g/mol. The third-order valence-electron chi connectivity index (χ3n) is 4.89. The van der Waals surface area contributed by atoms with Gasteiger partial charge in [-0.25, -0.2) is 8.42 Å². The molecule has 1 saturated heterocycles. The highest BCUT2D eigenvalue weighted by Gasteiger charge is 2.28. The molecular weight excluding hydrogens is 380 g/mol. The van der Waals surface area contributed by atoms with Crippen LogP contribution in [-0.2, 0) is 14.8 Å². The molecule has 1 amide bonds. The molecule has 0 saturated carbocycles. The van der Waals surface area contributed by atoms with Gasteiger partial charge in [0.1, 0.15) is 10.6 Å². The van der Waals surface area contributed by atoms with Crippen LogP contribution in [0.5, 0.6) is 0 Å². The lowest BCUT2D eigenvalue weighted by molar-refractivity contribution is -0.117. The van der Waals surface area contributed by atoms with Crippen molar-refractivity contribution in [1.82, 2.24) is 9.88 Å². The average Bonchev–Trinajstić information content (AvgIpc) is 3.20. The van der Waals surface area contributed by atoms with Gasteiger partial charge in [-0.3, -0.25) is 4.79 Å². The predicted molar refractivity (Wildman–Crippen MR) is 107 cm³/mol. The number of carbonyl (C=O) groups is 1. The zero-order valence-electron chi connectivity index (χ0n) is 16.5. The smallest absolute Gasteiger partial charge is 0.246 e. The van der Waals surface area contributed by atoms with Gasteiger partial charge in [-0.15, -0.1) is 0 Å². The standard InChI is InChI=1S/C19H26N4O4S/c1-12-9-10-23(11-12)17-7-5-16(6-8-17)20-19(24)14(3)22-28(25,26)18-13(2)21-27-15(18)4/h5-8,12,14,22H,9-11H2,1-4H3,(H,20,24)/t12?,14-/m0/s1. The molecule has 0 radical (unpaired) electrons. The maximum absolute atomic E-state index is 12.5. The SMILES string of the molecule is Cc1noc(C)c1S(=O)(=O)N[C@@H](C)C(=O)Nc1ccc(N2CCC(C)C2)cc1. The van der Waals surface area contributed by atoms with Gasteiger partial charge in [0, 0.05) is 24.5 Å². The fraction of sp³-hybridized carbons (Fsp3) is 0.474. The van der Waals surface area contributed by atoms with Crippen LogP contribution in [0.15, 0.2) is 33.7 Å². The van der Waals surface area contributed by atoms with Crippen molar-refractivity contribution >= 4 is 27.3 Å². The Morgan fingerprint density at radius 1 is 1.29 bits per heavy atom. The van der Waals surface area contributed by atoms with Gasteiger partial charge in [0.25, 0.3) is 0 Å². The van der Waals surface area contributed by atoms with Gasteiger partial charge in [-0.1, -0.05) is 12.1 Å². The van der Waals surface area contributed by atoms with Gasteiger partial charge in [0.2, 0.25) is 15.9 Å². The lowest BCUT2D eigenvalue weighted by Crippen LogP contribution is -2.41. The largest absolute Gasteiger partial charge is 0.371 e. The molecular formula is C19H26N4O4S. The predicted octanol–water partition coefficient (Wildman–Crippen LogP) is 2.44. The number of hydrogen-bond donors (Lipinski definition) is 2. The molecule has 1 aliphatic rings. The fourth-order valence-corrected chi connectivity index (χ4v) is 4.91. The van der Waals surface area contributed by atoms with Gasteiger partial charge in [0.05, 0.1) is 6.04 Å². The number of benzene rings is 1. The summed E-state index contributed by atoms with van der Waals surface area (Å²) in [7, 11) is -3.91. The molecule has 1 fully saturated rings. The second-order valence-electron chi connectivity index (χ2n) is 7.37. The molecule has 0 aliphatic carbocycles. The van der Waals surface area contributed by atoms with E-state index in [0.717, 1.165) is 18.8 Å². The van der Waals surface area contributed by atoms with Gasteiger partial charge in [-0.2, -0.15) is 4.72 Å². The van der Waals surface area contributed by atoms with Gasteiger partial charge in [0.15, 0.2) is 5.76 Å². The van der Waals surface area contributed by atoms with Crippen LogP contribution < -0.4 is 14.9 Å². The van der Waals surface area contributed by atoms with Crippen LogP contribution in [-0.4, -0.2) is 38.6 Å². The van der Waals surface area contributed by atoms with Crippen LogP contribution in [0.3, 0.4) is 0 Å². The topological polar surface area (TPSA) is 105 Å². The second kappa shape index (κ2) is 7.92. The average molecular weight is 407 g/mol. The van der Waals surface area contributed by atoms with E-state index in [1.54, 1.807) is 6.92 Å². The van der Waals surface area contributed by atoms with Crippen molar-refractivity contribution < 1.29 is 17.7 Å². The van der Waals surface area contributed by atoms with Crippen LogP contribution in [0, 0.1) is 19.8 Å². The van der Waals surface area contributed by atoms with Gasteiger partial charge in [-0.05, 0) is 57.4 Å². The zero-order chi connectivity index (χ0) is 20.5. The minimum Gasteiger partial charge on any atom is -0.371 e. The van der Waals surface area contributed by atoms with Crippen molar-refractivity contribution in [2.24, 2.45) is 5.92 Å². The molecule has 2 N–H and O–H groups in total. The quantitative estimate of drug-likeness (QED) is 0.764. The Morgan fingerprint density at radius 2 is 1.96 bits per heavy atom. The molecule has 3 rings (SSSR count). The lowest BCUT2D eigenvalue weighted by Gasteiger charge is -2.19. The Labute approximate surface area is 165 Å². The molecule has 1 aliphatic heterocycles. The summed E-state index contributed by atoms with van der Waals surface area (Å²) < 4.78 is 32.3. The van der Waals surface area contributed by atoms with E-state index in [1.807, 2.05) is 24.3 Å². The third kappa shape index (κ3) is 4.36. The van der Waals surface area contributed by atoms with E-state index in [4.69, 9.17) is 4.52 Å². The highest BCUT2D eigenvalue weighted by molar-refractivity contribution is 7.89. The summed E-state index contributed by atoms with van der Waals surface area (Å²) in [5, 5.41) is 6.39. The van der Waals surface area contributed by atoms with Crippen molar-refractivity contribution in [3.05, 3.63) is 35.7 Å². The van der Waals surface area contributed by atoms with Crippen LogP contribution >= 0.6 is 0 Å². The summed E-state index contributed by atoms with van der Waals surface area (Å²) in [6.45, 7) is 8.85. The third-order valence-corrected chi connectivity index (χ3v) is 6.67. The van der Waals surface area contributed by atoms with E-state index in [0.29, 0.717) is 11.6 Å². The van der Waals surface area contributed by atoms with E-state index in [1.165, 1.54) is 20.3 Å². The maximum atomic E-state index is 12.5. The minimum absolute atomic E-state index is 0.0312. The van der Waals surface area contributed by atoms with Crippen LogP contribution in [0.1, 0.15) is 31.7 Å². The molecule has 0 spiro atoms. The molecule has 2 aromatic rings. The number of rotatable bonds is 6. The summed E-state index contributed by atoms with van der Waals surface area (Å²) >= 11 is 0. The molecule has 2 heterocycles. The number of anilines is 2. The van der Waals surface area contributed by atoms with Crippen LogP contribution in [0.25, 0.3) is 0 Å². The summed E-state index contributed by atoms with van der Waals surface area (Å²) in [5.74, 6) is 0.424.